The molecule has 20 heavy (non-hydrogen) atoms. The van der Waals surface area contributed by atoms with Gasteiger partial charge < -0.3 is 5.11 Å². The first kappa shape index (κ1) is 15.8. The molecule has 4 heteroatoms. The van der Waals surface area contributed by atoms with Crippen LogP contribution in [0.3, 0.4) is 0 Å². The fourth-order valence-electron chi connectivity index (χ4n) is 1.98. The van der Waals surface area contributed by atoms with Gasteiger partial charge >= 0.3 is 68.9 Å². The van der Waals surface area contributed by atoms with E-state index >= 15 is 0 Å². The molecule has 3 rings (SSSR count). The maximum Gasteiger partial charge on any atom is 1.00 e. The predicted octanol–water partition coefficient (Wildman–Crippen LogP) is -0.112. The average Bonchev–Trinajstić information content (AvgIpc) is 2.49. The molecule has 0 aliphatic carbocycles. The van der Waals surface area contributed by atoms with Crippen LogP contribution in [-0.4, -0.2) is 9.97 Å². The Bertz CT molecular complexity index is 630. The zero-order valence-electron chi connectivity index (χ0n) is 11.2. The molecule has 1 aromatic carbocycles. The van der Waals surface area contributed by atoms with E-state index in [-0.39, 0.29) is 74.6 Å². The molecule has 3 nitrogen and oxygen atoms in total. The number of pyridine rings is 2. The number of rotatable bonds is 2. The van der Waals surface area contributed by atoms with E-state index in [1.165, 1.54) is 0 Å². The standard InChI is InChI=1S/C16H12N2O.Cs/c19-16-12(14-8-1-3-10-17-14)6-5-7-13(16)15-9-2-4-11-18-15;/h1-11,19H;/q;+1/p-1. The van der Waals surface area contributed by atoms with Gasteiger partial charge in [-0.15, -0.1) is 0 Å². The third-order valence-electron chi connectivity index (χ3n) is 2.90. The number of nitrogens with zero attached hydrogens (tertiary/aromatic N) is 2. The van der Waals surface area contributed by atoms with Crippen LogP contribution in [0.5, 0.6) is 5.75 Å². The van der Waals surface area contributed by atoms with Gasteiger partial charge in [-0.05, 0) is 35.4 Å². The van der Waals surface area contributed by atoms with Crippen molar-refractivity contribution in [2.24, 2.45) is 0 Å². The fraction of sp³-hybridized carbons (Fsp3) is 0. The van der Waals surface area contributed by atoms with Crippen molar-refractivity contribution in [1.29, 1.82) is 0 Å². The molecule has 2 aromatic heterocycles. The van der Waals surface area contributed by atoms with Gasteiger partial charge in [0, 0.05) is 12.4 Å². The smallest absolute Gasteiger partial charge is 0.872 e. The van der Waals surface area contributed by atoms with Gasteiger partial charge in [0.25, 0.3) is 0 Å². The van der Waals surface area contributed by atoms with Crippen LogP contribution in [0, 0.1) is 0 Å². The Labute approximate surface area is 176 Å². The molecule has 0 fully saturated rings. The molecule has 0 aliphatic heterocycles. The zero-order valence-corrected chi connectivity index (χ0v) is 17.4. The zero-order chi connectivity index (χ0) is 13.1. The third-order valence-corrected chi connectivity index (χ3v) is 2.90. The second-order valence-corrected chi connectivity index (χ2v) is 4.11. The summed E-state index contributed by atoms with van der Waals surface area (Å²) in [6.45, 7) is 0. The molecular weight excluding hydrogens is 369 g/mol. The van der Waals surface area contributed by atoms with Crippen LogP contribution in [0.2, 0.25) is 0 Å². The molecule has 2 heterocycles. The van der Waals surface area contributed by atoms with E-state index in [0.29, 0.717) is 22.5 Å². The van der Waals surface area contributed by atoms with Gasteiger partial charge in [-0.1, -0.05) is 36.1 Å². The SMILES string of the molecule is [Cs+].[O-]c1c(-c2ccccn2)cccc1-c1ccccn1. The van der Waals surface area contributed by atoms with E-state index in [0.717, 1.165) is 0 Å². The summed E-state index contributed by atoms with van der Waals surface area (Å²) >= 11 is 0. The Kier molecular flexibility index (Phi) is 5.83. The minimum Gasteiger partial charge on any atom is -0.872 e. The van der Waals surface area contributed by atoms with E-state index in [4.69, 9.17) is 0 Å². The molecule has 0 amide bonds. The summed E-state index contributed by atoms with van der Waals surface area (Å²) in [5, 5.41) is 12.5. The van der Waals surface area contributed by atoms with Gasteiger partial charge in [-0.3, -0.25) is 9.97 Å². The van der Waals surface area contributed by atoms with Crippen molar-refractivity contribution in [3.63, 3.8) is 0 Å². The summed E-state index contributed by atoms with van der Waals surface area (Å²) in [7, 11) is 0. The molecule has 0 saturated heterocycles. The third kappa shape index (κ3) is 3.33. The van der Waals surface area contributed by atoms with Crippen LogP contribution >= 0.6 is 0 Å². The first-order chi connectivity index (χ1) is 9.36. The Morgan fingerprint density at radius 1 is 0.650 bits per heavy atom. The summed E-state index contributed by atoms with van der Waals surface area (Å²) in [5.41, 5.74) is 2.57. The molecular formula is C16H11CsN2O. The minimum atomic E-state index is -0.0418. The monoisotopic (exact) mass is 380 g/mol. The second-order valence-electron chi connectivity index (χ2n) is 4.11. The minimum absolute atomic E-state index is 0. The van der Waals surface area contributed by atoms with Crippen LogP contribution in [-0.2, 0) is 0 Å². The maximum atomic E-state index is 12.5. The summed E-state index contributed by atoms with van der Waals surface area (Å²) in [6.07, 6.45) is 3.37. The van der Waals surface area contributed by atoms with Gasteiger partial charge in [0.2, 0.25) is 0 Å². The van der Waals surface area contributed by atoms with Crippen molar-refractivity contribution in [1.82, 2.24) is 9.97 Å². The molecule has 0 N–H and O–H groups in total. The second kappa shape index (κ2) is 7.40. The Balaban J connectivity index is 0.00000147. The predicted molar refractivity (Wildman–Crippen MR) is 72.4 cm³/mol. The van der Waals surface area contributed by atoms with Gasteiger partial charge in [-0.2, -0.15) is 0 Å². The van der Waals surface area contributed by atoms with Gasteiger partial charge in [0.15, 0.2) is 0 Å². The fourth-order valence-corrected chi connectivity index (χ4v) is 1.98. The van der Waals surface area contributed by atoms with Crippen LogP contribution in [0.1, 0.15) is 0 Å². The Morgan fingerprint density at radius 2 is 1.15 bits per heavy atom. The van der Waals surface area contributed by atoms with Crippen molar-refractivity contribution >= 4 is 0 Å². The average molecular weight is 380 g/mol. The summed E-state index contributed by atoms with van der Waals surface area (Å²) < 4.78 is 0. The molecule has 0 spiro atoms. The van der Waals surface area contributed by atoms with Crippen molar-refractivity contribution in [2.75, 3.05) is 0 Å². The molecule has 0 bridgehead atoms. The van der Waals surface area contributed by atoms with Crippen LogP contribution in [0.25, 0.3) is 22.5 Å². The topological polar surface area (TPSA) is 48.8 Å². The van der Waals surface area contributed by atoms with Crippen LogP contribution in [0.4, 0.5) is 0 Å². The first-order valence-corrected chi connectivity index (χ1v) is 5.99. The molecule has 0 aliphatic rings. The van der Waals surface area contributed by atoms with Crippen molar-refractivity contribution < 1.29 is 74.0 Å². The Morgan fingerprint density at radius 3 is 1.55 bits per heavy atom. The first-order valence-electron chi connectivity index (χ1n) is 5.99. The number of aromatic nitrogens is 2. The van der Waals surface area contributed by atoms with E-state index in [9.17, 15) is 5.11 Å². The number of para-hydroxylation sites is 1. The Hall–Kier alpha value is -0.628. The summed E-state index contributed by atoms with van der Waals surface area (Å²) in [6, 6.07) is 16.5. The molecule has 0 saturated carbocycles. The maximum absolute atomic E-state index is 12.5. The molecule has 0 atom stereocenters. The normalized spacial score (nSPS) is 9.80. The molecule has 0 unspecified atom stereocenters. The van der Waals surface area contributed by atoms with Gasteiger partial charge in [0.1, 0.15) is 0 Å². The number of benzene rings is 1. The number of hydrogen-bond donors (Lipinski definition) is 0. The molecule has 92 valence electrons. The van der Waals surface area contributed by atoms with Gasteiger partial charge in [0.05, 0.1) is 11.4 Å². The van der Waals surface area contributed by atoms with E-state index in [1.807, 2.05) is 42.5 Å². The van der Waals surface area contributed by atoms with Crippen molar-refractivity contribution in [3.8, 4) is 28.3 Å². The van der Waals surface area contributed by atoms with Crippen molar-refractivity contribution in [2.45, 2.75) is 0 Å². The van der Waals surface area contributed by atoms with Gasteiger partial charge in [-0.25, -0.2) is 0 Å². The molecule has 3 aromatic rings. The summed E-state index contributed by atoms with van der Waals surface area (Å²) in [4.78, 5) is 8.45. The van der Waals surface area contributed by atoms with E-state index in [1.54, 1.807) is 24.5 Å². The number of hydrogen-bond acceptors (Lipinski definition) is 3. The molecule has 0 radical (unpaired) electrons. The summed E-state index contributed by atoms with van der Waals surface area (Å²) in [5.74, 6) is -0.0418. The quantitative estimate of drug-likeness (QED) is 0.624. The van der Waals surface area contributed by atoms with Crippen LogP contribution < -0.4 is 74.0 Å². The largest absolute Gasteiger partial charge is 1.00 e. The van der Waals surface area contributed by atoms with E-state index < -0.39 is 0 Å². The van der Waals surface area contributed by atoms with Crippen LogP contribution in [0.15, 0.2) is 67.0 Å². The van der Waals surface area contributed by atoms with Crippen molar-refractivity contribution in [3.05, 3.63) is 67.0 Å². The van der Waals surface area contributed by atoms with E-state index in [2.05, 4.69) is 9.97 Å².